The van der Waals surface area contributed by atoms with Crippen molar-refractivity contribution in [2.45, 2.75) is 58.5 Å². The lowest BCUT2D eigenvalue weighted by Gasteiger charge is -2.46. The minimum atomic E-state index is -5.32. The van der Waals surface area contributed by atoms with Gasteiger partial charge >= 0.3 is 18.1 Å². The first-order chi connectivity index (χ1) is 13.4. The second kappa shape index (κ2) is 9.10. The maximum atomic E-state index is 12.2. The molecule has 0 aromatic heterocycles. The molecule has 1 heterocycles. The SMILES string of the molecule is CC(C)N1C[C@@H](C)N(Cc2ccc(C(=O)N(O)OC(=O)C(F)(F)F)cc2)[C@@H](C)C1. The van der Waals surface area contributed by atoms with Gasteiger partial charge in [-0.05, 0) is 50.6 Å². The van der Waals surface area contributed by atoms with Crippen LogP contribution < -0.4 is 0 Å². The highest BCUT2D eigenvalue weighted by molar-refractivity contribution is 5.93. The smallest absolute Gasteiger partial charge is 0.302 e. The molecule has 1 N–H and O–H groups in total. The van der Waals surface area contributed by atoms with Gasteiger partial charge in [-0.2, -0.15) is 13.2 Å². The van der Waals surface area contributed by atoms with Crippen molar-refractivity contribution >= 4 is 11.9 Å². The second-order valence-electron chi connectivity index (χ2n) is 7.57. The van der Waals surface area contributed by atoms with Crippen molar-refractivity contribution in [3.05, 3.63) is 35.4 Å². The quantitative estimate of drug-likeness (QED) is 0.600. The molecule has 1 aromatic carbocycles. The Morgan fingerprint density at radius 2 is 1.69 bits per heavy atom. The third-order valence-corrected chi connectivity index (χ3v) is 5.00. The molecule has 162 valence electrons. The zero-order chi connectivity index (χ0) is 21.9. The number of hydrogen-bond donors (Lipinski definition) is 1. The van der Waals surface area contributed by atoms with Gasteiger partial charge in [-0.3, -0.25) is 19.8 Å². The van der Waals surface area contributed by atoms with Crippen LogP contribution in [0, 0.1) is 0 Å². The molecule has 2 atom stereocenters. The monoisotopic (exact) mass is 417 g/mol. The van der Waals surface area contributed by atoms with Crippen LogP contribution in [0.2, 0.25) is 0 Å². The number of hydroxylamine groups is 2. The van der Waals surface area contributed by atoms with E-state index in [4.69, 9.17) is 0 Å². The van der Waals surface area contributed by atoms with Gasteiger partial charge in [-0.1, -0.05) is 12.1 Å². The molecule has 1 aromatic rings. The van der Waals surface area contributed by atoms with Gasteiger partial charge in [-0.25, -0.2) is 4.79 Å². The van der Waals surface area contributed by atoms with Gasteiger partial charge in [0.05, 0.1) is 0 Å². The Bertz CT molecular complexity index is 712. The van der Waals surface area contributed by atoms with E-state index in [1.165, 1.54) is 12.1 Å². The molecule has 1 amide bonds. The summed E-state index contributed by atoms with van der Waals surface area (Å²) in [6.07, 6.45) is -5.32. The number of benzene rings is 1. The molecule has 0 bridgehead atoms. The molecular weight excluding hydrogens is 391 g/mol. The Hall–Kier alpha value is -2.17. The molecule has 0 radical (unpaired) electrons. The maximum Gasteiger partial charge on any atom is 0.493 e. The molecule has 1 fully saturated rings. The molecule has 2 rings (SSSR count). The number of rotatable bonds is 4. The van der Waals surface area contributed by atoms with E-state index in [1.54, 1.807) is 12.1 Å². The summed E-state index contributed by atoms with van der Waals surface area (Å²) in [6.45, 7) is 11.2. The summed E-state index contributed by atoms with van der Waals surface area (Å²) in [6, 6.07) is 7.17. The third-order valence-electron chi connectivity index (χ3n) is 5.00. The van der Waals surface area contributed by atoms with Crippen LogP contribution in [-0.4, -0.2) is 69.5 Å². The first-order valence-corrected chi connectivity index (χ1v) is 9.31. The van der Waals surface area contributed by atoms with Gasteiger partial charge in [-0.15, -0.1) is 0 Å². The molecule has 7 nitrogen and oxygen atoms in total. The van der Waals surface area contributed by atoms with Crippen LogP contribution in [0.25, 0.3) is 0 Å². The molecule has 1 aliphatic heterocycles. The second-order valence-corrected chi connectivity index (χ2v) is 7.57. The van der Waals surface area contributed by atoms with Crippen molar-refractivity contribution < 1.29 is 32.8 Å². The van der Waals surface area contributed by atoms with Gasteiger partial charge in [0.25, 0.3) is 0 Å². The van der Waals surface area contributed by atoms with Crippen LogP contribution in [0.15, 0.2) is 24.3 Å². The molecule has 0 spiro atoms. The fourth-order valence-corrected chi connectivity index (χ4v) is 3.38. The molecule has 29 heavy (non-hydrogen) atoms. The van der Waals surface area contributed by atoms with Crippen LogP contribution in [0.4, 0.5) is 13.2 Å². The minimum absolute atomic E-state index is 0.114. The van der Waals surface area contributed by atoms with Gasteiger partial charge in [0.2, 0.25) is 0 Å². The van der Waals surface area contributed by atoms with E-state index in [9.17, 15) is 28.0 Å². The predicted octanol–water partition coefficient (Wildman–Crippen LogP) is 2.84. The summed E-state index contributed by atoms with van der Waals surface area (Å²) < 4.78 is 36.5. The average molecular weight is 417 g/mol. The molecule has 10 heteroatoms. The predicted molar refractivity (Wildman–Crippen MR) is 97.7 cm³/mol. The Morgan fingerprint density at radius 1 is 1.17 bits per heavy atom. The minimum Gasteiger partial charge on any atom is -0.302 e. The number of amides is 1. The first-order valence-electron chi connectivity index (χ1n) is 9.31. The number of hydrogen-bond acceptors (Lipinski definition) is 6. The Labute approximate surface area is 167 Å². The van der Waals surface area contributed by atoms with Crippen LogP contribution in [-0.2, 0) is 16.2 Å². The lowest BCUT2D eigenvalue weighted by molar-refractivity contribution is -0.301. The fraction of sp³-hybridized carbons (Fsp3) is 0.579. The van der Waals surface area contributed by atoms with Crippen molar-refractivity contribution in [2.24, 2.45) is 0 Å². The number of carbonyl (C=O) groups is 2. The molecule has 1 aliphatic rings. The molecule has 1 saturated heterocycles. The van der Waals surface area contributed by atoms with E-state index in [0.29, 0.717) is 24.7 Å². The highest BCUT2D eigenvalue weighted by Gasteiger charge is 2.43. The highest BCUT2D eigenvalue weighted by atomic mass is 19.4. The van der Waals surface area contributed by atoms with Gasteiger partial charge < -0.3 is 4.84 Å². The van der Waals surface area contributed by atoms with Crippen molar-refractivity contribution in [3.8, 4) is 0 Å². The molecule has 0 saturated carbocycles. The third kappa shape index (κ3) is 5.91. The van der Waals surface area contributed by atoms with E-state index in [2.05, 4.69) is 42.3 Å². The lowest BCUT2D eigenvalue weighted by atomic mass is 10.0. The number of nitrogens with zero attached hydrogens (tertiary/aromatic N) is 3. The van der Waals surface area contributed by atoms with Crippen LogP contribution in [0.5, 0.6) is 0 Å². The summed E-state index contributed by atoms with van der Waals surface area (Å²) in [5.74, 6) is -3.96. The maximum absolute atomic E-state index is 12.2. The summed E-state index contributed by atoms with van der Waals surface area (Å²) in [7, 11) is 0. The normalized spacial score (nSPS) is 21.3. The Kier molecular flexibility index (Phi) is 7.25. The van der Waals surface area contributed by atoms with Crippen LogP contribution in [0.3, 0.4) is 0 Å². The van der Waals surface area contributed by atoms with E-state index in [1.807, 2.05) is 0 Å². The van der Waals surface area contributed by atoms with Crippen molar-refractivity contribution in [1.29, 1.82) is 0 Å². The number of piperazine rings is 1. The summed E-state index contributed by atoms with van der Waals surface area (Å²) in [4.78, 5) is 31.0. The summed E-state index contributed by atoms with van der Waals surface area (Å²) in [5.41, 5.74) is 0.798. The van der Waals surface area contributed by atoms with Gasteiger partial charge in [0.15, 0.2) is 0 Å². The molecule has 0 aliphatic carbocycles. The number of alkyl halides is 3. The van der Waals surface area contributed by atoms with Crippen molar-refractivity contribution in [3.63, 3.8) is 0 Å². The lowest BCUT2D eigenvalue weighted by Crippen LogP contribution is -2.57. The standard InChI is InChI=1S/C19H26F3N3O4/c1-12(2)23-9-13(3)24(14(4)10-23)11-15-5-7-16(8-6-15)17(26)25(28)29-18(27)19(20,21)22/h5-8,12-14,28H,9-11H2,1-4H3/t13-,14+. The topological polar surface area (TPSA) is 73.3 Å². The van der Waals surface area contributed by atoms with Crippen LogP contribution >= 0.6 is 0 Å². The number of halogens is 3. The van der Waals surface area contributed by atoms with Crippen molar-refractivity contribution in [2.75, 3.05) is 13.1 Å². The van der Waals surface area contributed by atoms with E-state index in [-0.39, 0.29) is 5.56 Å². The van der Waals surface area contributed by atoms with E-state index >= 15 is 0 Å². The van der Waals surface area contributed by atoms with E-state index < -0.39 is 23.3 Å². The fourth-order valence-electron chi connectivity index (χ4n) is 3.38. The molecular formula is C19H26F3N3O4. The Balaban J connectivity index is 1.99. The first kappa shape index (κ1) is 23.1. The summed E-state index contributed by atoms with van der Waals surface area (Å²) >= 11 is 0. The largest absolute Gasteiger partial charge is 0.493 e. The zero-order valence-corrected chi connectivity index (χ0v) is 16.8. The van der Waals surface area contributed by atoms with Crippen molar-refractivity contribution in [1.82, 2.24) is 15.0 Å². The average Bonchev–Trinajstić information content (AvgIpc) is 2.63. The van der Waals surface area contributed by atoms with Gasteiger partial charge in [0.1, 0.15) is 0 Å². The Morgan fingerprint density at radius 3 is 2.14 bits per heavy atom. The number of carbonyl (C=O) groups excluding carboxylic acids is 2. The van der Waals surface area contributed by atoms with Gasteiger partial charge in [0, 0.05) is 43.3 Å². The highest BCUT2D eigenvalue weighted by Crippen LogP contribution is 2.21. The summed E-state index contributed by atoms with van der Waals surface area (Å²) in [5, 5.41) is 8.59. The molecule has 0 unspecified atom stereocenters. The van der Waals surface area contributed by atoms with Crippen LogP contribution in [0.1, 0.15) is 43.6 Å². The van der Waals surface area contributed by atoms with E-state index in [0.717, 1.165) is 18.7 Å². The zero-order valence-electron chi connectivity index (χ0n) is 16.8.